The highest BCUT2D eigenvalue weighted by Gasteiger charge is 2.30. The average molecular weight is 241 g/mol. The number of hydrogen-bond donors (Lipinski definition) is 1. The van der Waals surface area contributed by atoms with Gasteiger partial charge in [0.25, 0.3) is 0 Å². The summed E-state index contributed by atoms with van der Waals surface area (Å²) in [4.78, 5) is 0. The highest BCUT2D eigenvalue weighted by Crippen LogP contribution is 2.24. The third-order valence-electron chi connectivity index (χ3n) is 3.37. The molecule has 2 rings (SSSR count). The lowest BCUT2D eigenvalue weighted by atomic mass is 9.93. The third-order valence-corrected chi connectivity index (χ3v) is 3.37. The predicted octanol–water partition coefficient (Wildman–Crippen LogP) is 2.26. The molecule has 4 heteroatoms. The summed E-state index contributed by atoms with van der Waals surface area (Å²) >= 11 is 0. The van der Waals surface area contributed by atoms with E-state index in [0.717, 1.165) is 6.42 Å². The number of benzene rings is 1. The van der Waals surface area contributed by atoms with E-state index in [4.69, 9.17) is 10.5 Å². The molecule has 3 unspecified atom stereocenters. The molecule has 0 aliphatic carbocycles. The van der Waals surface area contributed by atoms with Crippen LogP contribution < -0.4 is 5.73 Å². The second-order valence-corrected chi connectivity index (χ2v) is 4.67. The van der Waals surface area contributed by atoms with Crippen molar-refractivity contribution in [1.29, 1.82) is 0 Å². The molecule has 0 amide bonds. The van der Waals surface area contributed by atoms with Crippen LogP contribution in [0.2, 0.25) is 0 Å². The van der Waals surface area contributed by atoms with E-state index in [-0.39, 0.29) is 24.1 Å². The minimum absolute atomic E-state index is 0.0581. The van der Waals surface area contributed by atoms with Gasteiger partial charge in [0, 0.05) is 18.2 Å². The minimum atomic E-state index is -0.536. The predicted molar refractivity (Wildman–Crippen MR) is 61.6 cm³/mol. The Labute approximate surface area is 99.8 Å². The van der Waals surface area contributed by atoms with Gasteiger partial charge in [-0.15, -0.1) is 0 Å². The summed E-state index contributed by atoms with van der Waals surface area (Å²) < 4.78 is 32.4. The molecule has 1 aliphatic rings. The van der Waals surface area contributed by atoms with Crippen LogP contribution in [0, 0.1) is 17.6 Å². The van der Waals surface area contributed by atoms with E-state index in [1.807, 2.05) is 0 Å². The van der Waals surface area contributed by atoms with Gasteiger partial charge in [0.1, 0.15) is 11.6 Å². The highest BCUT2D eigenvalue weighted by molar-refractivity contribution is 5.21. The van der Waals surface area contributed by atoms with E-state index >= 15 is 0 Å². The largest absolute Gasteiger partial charge is 0.376 e. The van der Waals surface area contributed by atoms with Crippen molar-refractivity contribution in [3.63, 3.8) is 0 Å². The first-order chi connectivity index (χ1) is 8.09. The van der Waals surface area contributed by atoms with Gasteiger partial charge in [-0.25, -0.2) is 8.78 Å². The molecular weight excluding hydrogens is 224 g/mol. The number of rotatable bonds is 3. The van der Waals surface area contributed by atoms with Crippen LogP contribution in [0.15, 0.2) is 18.2 Å². The first-order valence-electron chi connectivity index (χ1n) is 5.89. The van der Waals surface area contributed by atoms with Crippen LogP contribution in [0.3, 0.4) is 0 Å². The fourth-order valence-corrected chi connectivity index (χ4v) is 2.34. The highest BCUT2D eigenvalue weighted by atomic mass is 19.1. The third kappa shape index (κ3) is 2.64. The molecule has 94 valence electrons. The zero-order valence-electron chi connectivity index (χ0n) is 9.83. The molecule has 1 heterocycles. The van der Waals surface area contributed by atoms with Crippen molar-refractivity contribution in [3.8, 4) is 0 Å². The van der Waals surface area contributed by atoms with Gasteiger partial charge in [-0.05, 0) is 30.9 Å². The van der Waals surface area contributed by atoms with Gasteiger partial charge in [-0.2, -0.15) is 0 Å². The molecule has 1 fully saturated rings. The van der Waals surface area contributed by atoms with Crippen molar-refractivity contribution in [1.82, 2.24) is 0 Å². The van der Waals surface area contributed by atoms with Crippen molar-refractivity contribution < 1.29 is 13.5 Å². The molecule has 17 heavy (non-hydrogen) atoms. The molecule has 2 nitrogen and oxygen atoms in total. The summed E-state index contributed by atoms with van der Waals surface area (Å²) in [6, 6.07) is 3.50. The fraction of sp³-hybridized carbons (Fsp3) is 0.538. The molecule has 1 saturated heterocycles. The van der Waals surface area contributed by atoms with E-state index in [0.29, 0.717) is 12.5 Å². The van der Waals surface area contributed by atoms with Gasteiger partial charge in [0.2, 0.25) is 0 Å². The van der Waals surface area contributed by atoms with E-state index in [9.17, 15) is 8.78 Å². The van der Waals surface area contributed by atoms with Crippen LogP contribution in [0.5, 0.6) is 0 Å². The number of nitrogens with two attached hydrogens (primary N) is 1. The standard InChI is InChI=1S/C13H17F2NO/c1-8-5-6-17-13(8)12(16)7-9-10(14)3-2-4-11(9)15/h2-4,8,12-13H,5-7,16H2,1H3. The van der Waals surface area contributed by atoms with Gasteiger partial charge < -0.3 is 10.5 Å². The van der Waals surface area contributed by atoms with Crippen LogP contribution in [0.25, 0.3) is 0 Å². The normalized spacial score (nSPS) is 26.1. The Kier molecular flexibility index (Phi) is 3.74. The second kappa shape index (κ2) is 5.10. The Morgan fingerprint density at radius 3 is 2.59 bits per heavy atom. The van der Waals surface area contributed by atoms with Gasteiger partial charge in [-0.3, -0.25) is 0 Å². The number of ether oxygens (including phenoxy) is 1. The Morgan fingerprint density at radius 2 is 2.06 bits per heavy atom. The first-order valence-corrected chi connectivity index (χ1v) is 5.89. The SMILES string of the molecule is CC1CCOC1C(N)Cc1c(F)cccc1F. The Balaban J connectivity index is 2.10. The lowest BCUT2D eigenvalue weighted by molar-refractivity contribution is 0.0722. The molecule has 0 aromatic heterocycles. The summed E-state index contributed by atoms with van der Waals surface area (Å²) in [5.41, 5.74) is 6.04. The first kappa shape index (κ1) is 12.5. The van der Waals surface area contributed by atoms with E-state index in [1.165, 1.54) is 18.2 Å². The topological polar surface area (TPSA) is 35.2 Å². The molecule has 1 aromatic rings. The summed E-state index contributed by atoms with van der Waals surface area (Å²) in [5.74, 6) is -0.725. The molecule has 2 N–H and O–H groups in total. The van der Waals surface area contributed by atoms with E-state index in [1.54, 1.807) is 0 Å². The van der Waals surface area contributed by atoms with Crippen molar-refractivity contribution in [2.45, 2.75) is 31.9 Å². The minimum Gasteiger partial charge on any atom is -0.376 e. The smallest absolute Gasteiger partial charge is 0.129 e. The van der Waals surface area contributed by atoms with Crippen LogP contribution in [0.4, 0.5) is 8.78 Å². The zero-order chi connectivity index (χ0) is 12.4. The lowest BCUT2D eigenvalue weighted by Gasteiger charge is -2.22. The summed E-state index contributed by atoms with van der Waals surface area (Å²) in [6.45, 7) is 2.73. The molecule has 0 bridgehead atoms. The van der Waals surface area contributed by atoms with E-state index in [2.05, 4.69) is 6.92 Å². The van der Waals surface area contributed by atoms with Gasteiger partial charge in [0.05, 0.1) is 6.10 Å². The van der Waals surface area contributed by atoms with Crippen LogP contribution >= 0.6 is 0 Å². The Bertz CT molecular complexity index is 377. The molecule has 0 spiro atoms. The number of halogens is 2. The lowest BCUT2D eigenvalue weighted by Crippen LogP contribution is -2.39. The summed E-state index contributed by atoms with van der Waals surface area (Å²) in [5, 5.41) is 0. The second-order valence-electron chi connectivity index (χ2n) is 4.67. The van der Waals surface area contributed by atoms with Crippen molar-refractivity contribution in [2.24, 2.45) is 11.7 Å². The fourth-order valence-electron chi connectivity index (χ4n) is 2.34. The maximum atomic E-state index is 13.5. The Hall–Kier alpha value is -1.00. The molecule has 3 atom stereocenters. The van der Waals surface area contributed by atoms with Gasteiger partial charge in [0.15, 0.2) is 0 Å². The molecular formula is C13H17F2NO. The summed E-state index contributed by atoms with van der Waals surface area (Å²) in [6.07, 6.45) is 1.03. The van der Waals surface area contributed by atoms with Crippen molar-refractivity contribution in [3.05, 3.63) is 35.4 Å². The van der Waals surface area contributed by atoms with Crippen molar-refractivity contribution >= 4 is 0 Å². The summed E-state index contributed by atoms with van der Waals surface area (Å²) in [7, 11) is 0. The van der Waals surface area contributed by atoms with Crippen LogP contribution in [-0.4, -0.2) is 18.8 Å². The van der Waals surface area contributed by atoms with Gasteiger partial charge in [-0.1, -0.05) is 13.0 Å². The average Bonchev–Trinajstić information content (AvgIpc) is 2.70. The monoisotopic (exact) mass is 241 g/mol. The molecule has 0 saturated carbocycles. The maximum Gasteiger partial charge on any atom is 0.129 e. The molecule has 1 aromatic carbocycles. The maximum absolute atomic E-state index is 13.5. The van der Waals surface area contributed by atoms with Gasteiger partial charge >= 0.3 is 0 Å². The van der Waals surface area contributed by atoms with Crippen LogP contribution in [-0.2, 0) is 11.2 Å². The quantitative estimate of drug-likeness (QED) is 0.881. The number of hydrogen-bond acceptors (Lipinski definition) is 2. The Morgan fingerprint density at radius 1 is 1.41 bits per heavy atom. The molecule has 1 aliphatic heterocycles. The van der Waals surface area contributed by atoms with E-state index < -0.39 is 11.6 Å². The van der Waals surface area contributed by atoms with Crippen molar-refractivity contribution in [2.75, 3.05) is 6.61 Å². The van der Waals surface area contributed by atoms with Crippen LogP contribution in [0.1, 0.15) is 18.9 Å². The molecule has 0 radical (unpaired) electrons. The zero-order valence-corrected chi connectivity index (χ0v) is 9.83.